The summed E-state index contributed by atoms with van der Waals surface area (Å²) in [5.41, 5.74) is 0.686. The van der Waals surface area contributed by atoms with Gasteiger partial charge >= 0.3 is 0 Å². The Morgan fingerprint density at radius 2 is 2.41 bits per heavy atom. The zero-order valence-electron chi connectivity index (χ0n) is 9.80. The lowest BCUT2D eigenvalue weighted by atomic mass is 10.1. The van der Waals surface area contributed by atoms with Crippen molar-refractivity contribution in [1.29, 1.82) is 0 Å². The maximum atomic E-state index is 11.5. The van der Waals surface area contributed by atoms with Crippen LogP contribution in [-0.2, 0) is 9.84 Å². The highest BCUT2D eigenvalue weighted by Gasteiger charge is 2.29. The maximum Gasteiger partial charge on any atom is 0.198 e. The van der Waals surface area contributed by atoms with Crippen LogP contribution >= 0.6 is 0 Å². The van der Waals surface area contributed by atoms with Crippen LogP contribution in [0.3, 0.4) is 0 Å². The highest BCUT2D eigenvalue weighted by molar-refractivity contribution is 7.91. The Labute approximate surface area is 101 Å². The van der Waals surface area contributed by atoms with Crippen molar-refractivity contribution < 1.29 is 17.9 Å². The van der Waals surface area contributed by atoms with Gasteiger partial charge in [-0.15, -0.1) is 0 Å². The van der Waals surface area contributed by atoms with Crippen molar-refractivity contribution in [3.05, 3.63) is 17.8 Å². The van der Waals surface area contributed by atoms with Crippen LogP contribution in [0.5, 0.6) is 0 Å². The van der Waals surface area contributed by atoms with Crippen molar-refractivity contribution >= 4 is 9.84 Å². The van der Waals surface area contributed by atoms with E-state index >= 15 is 0 Å². The Hall–Kier alpha value is -0.880. The lowest BCUT2D eigenvalue weighted by Gasteiger charge is -2.18. The summed E-state index contributed by atoms with van der Waals surface area (Å²) in [6, 6.07) is 0. The zero-order valence-corrected chi connectivity index (χ0v) is 10.6. The molecule has 2 atom stereocenters. The van der Waals surface area contributed by atoms with E-state index in [1.54, 1.807) is 0 Å². The first-order valence-electron chi connectivity index (χ1n) is 5.78. The molecule has 0 aliphatic carbocycles. The molecule has 1 aliphatic rings. The Balaban J connectivity index is 2.15. The Morgan fingerprint density at radius 3 is 3.06 bits per heavy atom. The fraction of sp³-hybridized carbons (Fsp3) is 0.727. The second-order valence-corrected chi connectivity index (χ2v) is 6.88. The van der Waals surface area contributed by atoms with Gasteiger partial charge in [-0.25, -0.2) is 13.4 Å². The van der Waals surface area contributed by atoms with Gasteiger partial charge in [-0.2, -0.15) is 0 Å². The molecule has 2 heterocycles. The summed E-state index contributed by atoms with van der Waals surface area (Å²) in [6.45, 7) is 1.86. The molecule has 0 spiro atoms. The van der Waals surface area contributed by atoms with Gasteiger partial charge in [-0.3, -0.25) is 0 Å². The number of hydrogen-bond acceptors (Lipinski definition) is 5. The monoisotopic (exact) mass is 259 g/mol. The second-order valence-electron chi connectivity index (χ2n) is 4.65. The highest BCUT2D eigenvalue weighted by Crippen LogP contribution is 2.28. The standard InChI is InChI=1S/C11H17NO4S/c1-8(5-13)10-6-16-11(12-10)9-3-2-4-17(14,15)7-9/h6,8-9,13H,2-5,7H2,1H3. The molecule has 1 aliphatic heterocycles. The minimum absolute atomic E-state index is 0.00887. The molecule has 0 saturated carbocycles. The Kier molecular flexibility index (Phi) is 3.53. The van der Waals surface area contributed by atoms with Crippen LogP contribution in [0.15, 0.2) is 10.7 Å². The molecule has 0 amide bonds. The van der Waals surface area contributed by atoms with Gasteiger partial charge in [0.1, 0.15) is 6.26 Å². The van der Waals surface area contributed by atoms with Gasteiger partial charge in [0.2, 0.25) is 0 Å². The molecule has 2 rings (SSSR count). The molecule has 1 saturated heterocycles. The van der Waals surface area contributed by atoms with E-state index in [0.717, 1.165) is 6.42 Å². The van der Waals surface area contributed by atoms with Crippen molar-refractivity contribution in [1.82, 2.24) is 4.98 Å². The van der Waals surface area contributed by atoms with Crippen LogP contribution in [0.25, 0.3) is 0 Å². The highest BCUT2D eigenvalue weighted by atomic mass is 32.2. The van der Waals surface area contributed by atoms with E-state index in [2.05, 4.69) is 4.98 Å². The number of aromatic nitrogens is 1. The van der Waals surface area contributed by atoms with E-state index in [9.17, 15) is 8.42 Å². The molecular formula is C11H17NO4S. The molecule has 17 heavy (non-hydrogen) atoms. The van der Waals surface area contributed by atoms with E-state index in [1.807, 2.05) is 6.92 Å². The lowest BCUT2D eigenvalue weighted by Crippen LogP contribution is -2.23. The smallest absolute Gasteiger partial charge is 0.198 e. The molecule has 1 aromatic heterocycles. The summed E-state index contributed by atoms with van der Waals surface area (Å²) in [5, 5.41) is 9.01. The molecule has 0 aromatic carbocycles. The largest absolute Gasteiger partial charge is 0.448 e. The van der Waals surface area contributed by atoms with Crippen LogP contribution in [-0.4, -0.2) is 36.6 Å². The molecule has 1 N–H and O–H groups in total. The summed E-state index contributed by atoms with van der Waals surface area (Å²) in [5.74, 6) is 0.676. The van der Waals surface area contributed by atoms with Gasteiger partial charge in [0, 0.05) is 11.8 Å². The van der Waals surface area contributed by atoms with E-state index in [0.29, 0.717) is 18.0 Å². The van der Waals surface area contributed by atoms with Gasteiger partial charge in [0.25, 0.3) is 0 Å². The van der Waals surface area contributed by atoms with Crippen LogP contribution in [0, 0.1) is 0 Å². The lowest BCUT2D eigenvalue weighted by molar-refractivity contribution is 0.271. The fourth-order valence-electron chi connectivity index (χ4n) is 2.03. The van der Waals surface area contributed by atoms with Gasteiger partial charge in [0.05, 0.1) is 23.8 Å². The molecule has 1 fully saturated rings. The second kappa shape index (κ2) is 4.78. The number of aliphatic hydroxyl groups excluding tert-OH is 1. The number of sulfone groups is 1. The van der Waals surface area contributed by atoms with E-state index < -0.39 is 9.84 Å². The third-order valence-corrected chi connectivity index (χ3v) is 4.95. The van der Waals surface area contributed by atoms with Crippen LogP contribution in [0.2, 0.25) is 0 Å². The summed E-state index contributed by atoms with van der Waals surface area (Å²) >= 11 is 0. The average Bonchev–Trinajstić information content (AvgIpc) is 2.76. The minimum atomic E-state index is -2.95. The molecule has 6 heteroatoms. The van der Waals surface area contributed by atoms with Gasteiger partial charge in [-0.1, -0.05) is 6.92 Å². The maximum absolute atomic E-state index is 11.5. The SMILES string of the molecule is CC(CO)c1coc(C2CCCS(=O)(=O)C2)n1. The first-order chi connectivity index (χ1) is 8.02. The predicted molar refractivity (Wildman–Crippen MR) is 62.6 cm³/mol. The molecule has 2 unspecified atom stereocenters. The van der Waals surface area contributed by atoms with E-state index in [-0.39, 0.29) is 29.9 Å². The zero-order chi connectivity index (χ0) is 12.5. The Morgan fingerprint density at radius 1 is 1.65 bits per heavy atom. The quantitative estimate of drug-likeness (QED) is 0.878. The number of hydrogen-bond donors (Lipinski definition) is 1. The summed E-state index contributed by atoms with van der Waals surface area (Å²) in [6.07, 6.45) is 2.98. The third kappa shape index (κ3) is 2.87. The van der Waals surface area contributed by atoms with Crippen molar-refractivity contribution in [2.24, 2.45) is 0 Å². The normalized spacial score (nSPS) is 25.6. The summed E-state index contributed by atoms with van der Waals surface area (Å²) in [7, 11) is -2.95. The number of oxazole rings is 1. The molecular weight excluding hydrogens is 242 g/mol. The van der Waals surface area contributed by atoms with E-state index in [4.69, 9.17) is 9.52 Å². The minimum Gasteiger partial charge on any atom is -0.448 e. The topological polar surface area (TPSA) is 80.4 Å². The molecule has 96 valence electrons. The van der Waals surface area contributed by atoms with Crippen LogP contribution in [0.4, 0.5) is 0 Å². The Bertz CT molecular complexity index is 479. The van der Waals surface area contributed by atoms with Gasteiger partial charge in [-0.05, 0) is 12.8 Å². The fourth-order valence-corrected chi connectivity index (χ4v) is 3.72. The van der Waals surface area contributed by atoms with Crippen LogP contribution in [0.1, 0.15) is 43.2 Å². The van der Waals surface area contributed by atoms with Crippen molar-refractivity contribution in [2.45, 2.75) is 31.6 Å². The first kappa shape index (κ1) is 12.6. The molecule has 0 radical (unpaired) electrons. The number of aliphatic hydroxyl groups is 1. The van der Waals surface area contributed by atoms with Gasteiger partial charge in [0.15, 0.2) is 15.7 Å². The number of rotatable bonds is 3. The van der Waals surface area contributed by atoms with Crippen LogP contribution < -0.4 is 0 Å². The average molecular weight is 259 g/mol. The van der Waals surface area contributed by atoms with Crippen molar-refractivity contribution in [3.63, 3.8) is 0 Å². The van der Waals surface area contributed by atoms with Gasteiger partial charge < -0.3 is 9.52 Å². The molecule has 1 aromatic rings. The third-order valence-electron chi connectivity index (χ3n) is 3.13. The summed E-state index contributed by atoms with van der Waals surface area (Å²) in [4.78, 5) is 4.28. The first-order valence-corrected chi connectivity index (χ1v) is 7.60. The molecule has 0 bridgehead atoms. The molecule has 5 nitrogen and oxygen atoms in total. The number of nitrogens with zero attached hydrogens (tertiary/aromatic N) is 1. The van der Waals surface area contributed by atoms with Crippen molar-refractivity contribution in [3.8, 4) is 0 Å². The van der Waals surface area contributed by atoms with Crippen molar-refractivity contribution in [2.75, 3.05) is 18.1 Å². The summed E-state index contributed by atoms with van der Waals surface area (Å²) < 4.78 is 28.4. The van der Waals surface area contributed by atoms with E-state index in [1.165, 1.54) is 6.26 Å². The predicted octanol–water partition coefficient (Wildman–Crippen LogP) is 1.06.